The van der Waals surface area contributed by atoms with Crippen molar-refractivity contribution >= 4 is 5.91 Å². The zero-order valence-corrected chi connectivity index (χ0v) is 15.9. The van der Waals surface area contributed by atoms with E-state index < -0.39 is 0 Å². The molecule has 0 N–H and O–H groups in total. The molecule has 0 atom stereocenters. The fourth-order valence-corrected chi connectivity index (χ4v) is 3.46. The Morgan fingerprint density at radius 1 is 0.964 bits per heavy atom. The van der Waals surface area contributed by atoms with Gasteiger partial charge in [-0.2, -0.15) is 0 Å². The zero-order chi connectivity index (χ0) is 19.3. The maximum Gasteiger partial charge on any atom is 0.257 e. The first-order valence-electron chi connectivity index (χ1n) is 9.49. The molecule has 4 rings (SSSR count). The summed E-state index contributed by atoms with van der Waals surface area (Å²) in [6.07, 6.45) is 0.837. The lowest BCUT2D eigenvalue weighted by molar-refractivity contribution is 0.0757. The van der Waals surface area contributed by atoms with Crippen LogP contribution in [0.15, 0.2) is 72.8 Å². The van der Waals surface area contributed by atoms with Gasteiger partial charge < -0.3 is 14.4 Å². The first kappa shape index (κ1) is 18.1. The number of methoxy groups -OCH3 is 1. The van der Waals surface area contributed by atoms with Crippen molar-refractivity contribution in [2.75, 3.05) is 26.8 Å². The molecule has 1 aliphatic heterocycles. The number of carbonyl (C=O) groups excluding carboxylic acids is 1. The zero-order valence-electron chi connectivity index (χ0n) is 15.9. The van der Waals surface area contributed by atoms with Crippen LogP contribution < -0.4 is 9.47 Å². The summed E-state index contributed by atoms with van der Waals surface area (Å²) in [5.41, 5.74) is 3.89. The summed E-state index contributed by atoms with van der Waals surface area (Å²) in [4.78, 5) is 14.9. The number of ether oxygens (including phenoxy) is 2. The smallest absolute Gasteiger partial charge is 0.257 e. The van der Waals surface area contributed by atoms with E-state index in [9.17, 15) is 4.79 Å². The number of benzene rings is 3. The molecule has 0 fully saturated rings. The van der Waals surface area contributed by atoms with Crippen LogP contribution in [-0.4, -0.2) is 37.6 Å². The maximum atomic E-state index is 13.0. The van der Waals surface area contributed by atoms with Crippen molar-refractivity contribution in [3.63, 3.8) is 0 Å². The maximum absolute atomic E-state index is 13.0. The van der Waals surface area contributed by atoms with E-state index in [0.717, 1.165) is 23.3 Å². The largest absolute Gasteiger partial charge is 0.497 e. The molecule has 0 saturated heterocycles. The molecule has 1 heterocycles. The molecule has 0 spiro atoms. The third kappa shape index (κ3) is 3.86. The van der Waals surface area contributed by atoms with E-state index in [4.69, 9.17) is 9.47 Å². The molecule has 1 aliphatic rings. The molecule has 3 aromatic rings. The van der Waals surface area contributed by atoms with Crippen LogP contribution in [0.3, 0.4) is 0 Å². The normalized spacial score (nSPS) is 13.5. The molecule has 3 aromatic carbocycles. The Morgan fingerprint density at radius 2 is 1.79 bits per heavy atom. The Labute approximate surface area is 165 Å². The van der Waals surface area contributed by atoms with Crippen LogP contribution in [0.5, 0.6) is 11.5 Å². The van der Waals surface area contributed by atoms with Crippen LogP contribution in [0.4, 0.5) is 0 Å². The molecule has 0 radical (unpaired) electrons. The SMILES string of the molecule is COc1cccc(-c2ccc3c(c2)OCCN(CCc2ccccc2)C3=O)c1. The second-order valence-electron chi connectivity index (χ2n) is 6.82. The molecule has 4 heteroatoms. The van der Waals surface area contributed by atoms with Crippen LogP contribution in [0.2, 0.25) is 0 Å². The van der Waals surface area contributed by atoms with Crippen molar-refractivity contribution < 1.29 is 14.3 Å². The summed E-state index contributed by atoms with van der Waals surface area (Å²) >= 11 is 0. The Kier molecular flexibility index (Phi) is 5.29. The lowest BCUT2D eigenvalue weighted by Crippen LogP contribution is -2.34. The number of nitrogens with zero attached hydrogens (tertiary/aromatic N) is 1. The number of amides is 1. The molecule has 1 amide bonds. The molecule has 142 valence electrons. The minimum atomic E-state index is 0.0284. The van der Waals surface area contributed by atoms with Crippen LogP contribution in [0.25, 0.3) is 11.1 Å². The third-order valence-corrected chi connectivity index (χ3v) is 5.03. The van der Waals surface area contributed by atoms with Crippen LogP contribution in [0, 0.1) is 0 Å². The van der Waals surface area contributed by atoms with Gasteiger partial charge in [-0.15, -0.1) is 0 Å². The van der Waals surface area contributed by atoms with Crippen LogP contribution in [-0.2, 0) is 6.42 Å². The minimum absolute atomic E-state index is 0.0284. The summed E-state index contributed by atoms with van der Waals surface area (Å²) in [5.74, 6) is 1.48. The monoisotopic (exact) mass is 373 g/mol. The number of carbonyl (C=O) groups is 1. The number of fused-ring (bicyclic) bond motifs is 1. The highest BCUT2D eigenvalue weighted by Crippen LogP contribution is 2.31. The number of hydrogen-bond acceptors (Lipinski definition) is 3. The summed E-state index contributed by atoms with van der Waals surface area (Å²) in [5, 5.41) is 0. The molecule has 0 saturated carbocycles. The first-order valence-corrected chi connectivity index (χ1v) is 9.49. The fraction of sp³-hybridized carbons (Fsp3) is 0.208. The second kappa shape index (κ2) is 8.17. The van der Waals surface area contributed by atoms with Crippen molar-refractivity contribution in [2.24, 2.45) is 0 Å². The predicted octanol–water partition coefficient (Wildman–Crippen LogP) is 4.44. The van der Waals surface area contributed by atoms with Crippen molar-refractivity contribution in [3.05, 3.63) is 83.9 Å². The lowest BCUT2D eigenvalue weighted by Gasteiger charge is -2.20. The third-order valence-electron chi connectivity index (χ3n) is 5.03. The van der Waals surface area contributed by atoms with Crippen LogP contribution >= 0.6 is 0 Å². The molecule has 4 nitrogen and oxygen atoms in total. The Hall–Kier alpha value is -3.27. The standard InChI is InChI=1S/C24H23NO3/c1-27-21-9-5-8-19(16-21)20-10-11-22-23(17-20)28-15-14-25(24(22)26)13-12-18-6-3-2-4-7-18/h2-11,16-17H,12-15H2,1H3. The van der Waals surface area contributed by atoms with Gasteiger partial charge in [-0.25, -0.2) is 0 Å². The average Bonchev–Trinajstić information content (AvgIpc) is 2.91. The Balaban J connectivity index is 1.55. The first-order chi connectivity index (χ1) is 13.7. The van der Waals surface area contributed by atoms with Gasteiger partial charge in [0.25, 0.3) is 5.91 Å². The van der Waals surface area contributed by atoms with E-state index >= 15 is 0 Å². The topological polar surface area (TPSA) is 38.8 Å². The van der Waals surface area contributed by atoms with Crippen molar-refractivity contribution in [1.29, 1.82) is 0 Å². The van der Waals surface area contributed by atoms with Gasteiger partial charge in [0.2, 0.25) is 0 Å². The summed E-state index contributed by atoms with van der Waals surface area (Å²) in [7, 11) is 1.65. The average molecular weight is 373 g/mol. The Bertz CT molecular complexity index is 969. The molecule has 0 bridgehead atoms. The lowest BCUT2D eigenvalue weighted by atomic mass is 10.0. The van der Waals surface area contributed by atoms with E-state index in [1.807, 2.05) is 65.6 Å². The molecular formula is C24H23NO3. The van der Waals surface area contributed by atoms with Crippen molar-refractivity contribution in [3.8, 4) is 22.6 Å². The molecular weight excluding hydrogens is 350 g/mol. The number of hydrogen-bond donors (Lipinski definition) is 0. The van der Waals surface area contributed by atoms with Gasteiger partial charge in [-0.1, -0.05) is 48.5 Å². The van der Waals surface area contributed by atoms with Crippen molar-refractivity contribution in [2.45, 2.75) is 6.42 Å². The second-order valence-corrected chi connectivity index (χ2v) is 6.82. The highest BCUT2D eigenvalue weighted by molar-refractivity contribution is 5.98. The van der Waals surface area contributed by atoms with Gasteiger partial charge in [0.15, 0.2) is 0 Å². The molecule has 0 aromatic heterocycles. The van der Waals surface area contributed by atoms with E-state index in [0.29, 0.717) is 31.0 Å². The number of rotatable bonds is 5. The van der Waals surface area contributed by atoms with Crippen molar-refractivity contribution in [1.82, 2.24) is 4.90 Å². The van der Waals surface area contributed by atoms with E-state index in [-0.39, 0.29) is 5.91 Å². The molecule has 0 aliphatic carbocycles. The Morgan fingerprint density at radius 3 is 2.61 bits per heavy atom. The minimum Gasteiger partial charge on any atom is -0.497 e. The molecule has 28 heavy (non-hydrogen) atoms. The fourth-order valence-electron chi connectivity index (χ4n) is 3.46. The van der Waals surface area contributed by atoms with Gasteiger partial charge >= 0.3 is 0 Å². The van der Waals surface area contributed by atoms with Gasteiger partial charge in [0.1, 0.15) is 18.1 Å². The summed E-state index contributed by atoms with van der Waals surface area (Å²) in [6, 6.07) is 23.9. The van der Waals surface area contributed by atoms with Gasteiger partial charge in [0.05, 0.1) is 19.2 Å². The highest BCUT2D eigenvalue weighted by Gasteiger charge is 2.23. The highest BCUT2D eigenvalue weighted by atomic mass is 16.5. The van der Waals surface area contributed by atoms with Crippen LogP contribution in [0.1, 0.15) is 15.9 Å². The van der Waals surface area contributed by atoms with E-state index in [1.54, 1.807) is 7.11 Å². The van der Waals surface area contributed by atoms with E-state index in [1.165, 1.54) is 5.56 Å². The van der Waals surface area contributed by atoms with Gasteiger partial charge in [-0.3, -0.25) is 4.79 Å². The summed E-state index contributed by atoms with van der Waals surface area (Å²) < 4.78 is 11.2. The van der Waals surface area contributed by atoms with Gasteiger partial charge in [-0.05, 0) is 47.4 Å². The van der Waals surface area contributed by atoms with Gasteiger partial charge in [0, 0.05) is 6.54 Å². The predicted molar refractivity (Wildman–Crippen MR) is 110 cm³/mol. The molecule has 0 unspecified atom stereocenters. The van der Waals surface area contributed by atoms with E-state index in [2.05, 4.69) is 12.1 Å². The quantitative estimate of drug-likeness (QED) is 0.664. The summed E-state index contributed by atoms with van der Waals surface area (Å²) in [6.45, 7) is 1.77.